The molecular weight excluding hydrogens is 310 g/mol. The molecule has 6 nitrogen and oxygen atoms in total. The van der Waals surface area contributed by atoms with Crippen LogP contribution in [0.4, 0.5) is 10.9 Å². The number of pyridine rings is 1. The standard InChI is InChI=1S/C16H17N5OS/c1-10-3-2-6-18-14(10)19-7-8-20-15(22)11-4-5-13-12(9-11)21-16(17)23-13/h2-6,9H,7-8H2,1H3,(H2,17,21)(H,18,19)(H,20,22). The maximum Gasteiger partial charge on any atom is 0.251 e. The first kappa shape index (κ1) is 15.2. The smallest absolute Gasteiger partial charge is 0.251 e. The number of thiazole rings is 1. The van der Waals surface area contributed by atoms with Gasteiger partial charge in [0.05, 0.1) is 10.2 Å². The van der Waals surface area contributed by atoms with E-state index in [2.05, 4.69) is 20.6 Å². The molecule has 0 atom stereocenters. The summed E-state index contributed by atoms with van der Waals surface area (Å²) in [5.74, 6) is 0.708. The largest absolute Gasteiger partial charge is 0.375 e. The summed E-state index contributed by atoms with van der Waals surface area (Å²) < 4.78 is 0.978. The van der Waals surface area contributed by atoms with Crippen molar-refractivity contribution in [2.75, 3.05) is 24.1 Å². The van der Waals surface area contributed by atoms with Crippen molar-refractivity contribution in [3.63, 3.8) is 0 Å². The zero-order valence-corrected chi connectivity index (χ0v) is 13.5. The van der Waals surface area contributed by atoms with E-state index in [1.165, 1.54) is 11.3 Å². The Hall–Kier alpha value is -2.67. The molecule has 2 heterocycles. The van der Waals surface area contributed by atoms with Gasteiger partial charge in [-0.1, -0.05) is 17.4 Å². The fraction of sp³-hybridized carbons (Fsp3) is 0.188. The van der Waals surface area contributed by atoms with Crippen LogP contribution in [0.5, 0.6) is 0 Å². The number of fused-ring (bicyclic) bond motifs is 1. The predicted molar refractivity (Wildman–Crippen MR) is 93.8 cm³/mol. The zero-order chi connectivity index (χ0) is 16.2. The van der Waals surface area contributed by atoms with Gasteiger partial charge in [-0.2, -0.15) is 0 Å². The molecule has 2 aromatic heterocycles. The number of aryl methyl sites for hydroxylation is 1. The van der Waals surface area contributed by atoms with Gasteiger partial charge >= 0.3 is 0 Å². The number of nitrogens with one attached hydrogen (secondary N) is 2. The van der Waals surface area contributed by atoms with Crippen molar-refractivity contribution in [2.45, 2.75) is 6.92 Å². The number of carbonyl (C=O) groups is 1. The Bertz CT molecular complexity index is 845. The van der Waals surface area contributed by atoms with E-state index < -0.39 is 0 Å². The van der Waals surface area contributed by atoms with Gasteiger partial charge < -0.3 is 16.4 Å². The van der Waals surface area contributed by atoms with Crippen molar-refractivity contribution in [1.82, 2.24) is 15.3 Å². The van der Waals surface area contributed by atoms with E-state index in [1.54, 1.807) is 18.3 Å². The number of aromatic nitrogens is 2. The number of nitrogens with two attached hydrogens (primary N) is 1. The molecule has 1 aromatic carbocycles. The Morgan fingerprint density at radius 1 is 1.30 bits per heavy atom. The predicted octanol–water partition coefficient (Wildman–Crippen LogP) is 2.42. The molecule has 0 spiro atoms. The number of benzene rings is 1. The van der Waals surface area contributed by atoms with Gasteiger partial charge in [0.25, 0.3) is 5.91 Å². The molecule has 0 saturated carbocycles. The molecule has 1 amide bonds. The molecule has 3 aromatic rings. The van der Waals surface area contributed by atoms with E-state index in [0.29, 0.717) is 23.8 Å². The molecule has 0 saturated heterocycles. The highest BCUT2D eigenvalue weighted by Crippen LogP contribution is 2.24. The summed E-state index contributed by atoms with van der Waals surface area (Å²) in [4.78, 5) is 20.6. The van der Waals surface area contributed by atoms with E-state index >= 15 is 0 Å². The van der Waals surface area contributed by atoms with Crippen molar-refractivity contribution in [1.29, 1.82) is 0 Å². The molecule has 0 unspecified atom stereocenters. The molecule has 23 heavy (non-hydrogen) atoms. The Morgan fingerprint density at radius 3 is 3.00 bits per heavy atom. The molecule has 0 fully saturated rings. The monoisotopic (exact) mass is 327 g/mol. The van der Waals surface area contributed by atoms with Gasteiger partial charge in [-0.05, 0) is 36.8 Å². The van der Waals surface area contributed by atoms with Crippen LogP contribution in [-0.4, -0.2) is 29.0 Å². The second-order valence-electron chi connectivity index (χ2n) is 5.09. The zero-order valence-electron chi connectivity index (χ0n) is 12.7. The van der Waals surface area contributed by atoms with Crippen molar-refractivity contribution >= 4 is 38.4 Å². The molecule has 0 aliphatic heterocycles. The Balaban J connectivity index is 1.55. The normalized spacial score (nSPS) is 10.7. The SMILES string of the molecule is Cc1cccnc1NCCNC(=O)c1ccc2sc(N)nc2c1. The fourth-order valence-electron chi connectivity index (χ4n) is 2.22. The van der Waals surface area contributed by atoms with Crippen molar-refractivity contribution in [3.05, 3.63) is 47.7 Å². The number of rotatable bonds is 5. The van der Waals surface area contributed by atoms with Gasteiger partial charge in [0.1, 0.15) is 5.82 Å². The minimum Gasteiger partial charge on any atom is -0.375 e. The van der Waals surface area contributed by atoms with Gasteiger partial charge in [-0.15, -0.1) is 0 Å². The van der Waals surface area contributed by atoms with Gasteiger partial charge in [0.2, 0.25) is 0 Å². The van der Waals surface area contributed by atoms with Crippen LogP contribution < -0.4 is 16.4 Å². The van der Waals surface area contributed by atoms with Gasteiger partial charge in [0, 0.05) is 24.8 Å². The number of nitrogens with zero attached hydrogens (tertiary/aromatic N) is 2. The van der Waals surface area contributed by atoms with Crippen molar-refractivity contribution in [2.24, 2.45) is 0 Å². The number of amides is 1. The van der Waals surface area contributed by atoms with Gasteiger partial charge in [-0.25, -0.2) is 9.97 Å². The summed E-state index contributed by atoms with van der Waals surface area (Å²) in [5.41, 5.74) is 8.08. The lowest BCUT2D eigenvalue weighted by atomic mass is 10.2. The van der Waals surface area contributed by atoms with E-state index in [1.807, 2.05) is 25.1 Å². The summed E-state index contributed by atoms with van der Waals surface area (Å²) in [7, 11) is 0. The lowest BCUT2D eigenvalue weighted by Gasteiger charge is -2.09. The highest BCUT2D eigenvalue weighted by atomic mass is 32.1. The van der Waals surface area contributed by atoms with Crippen molar-refractivity contribution in [3.8, 4) is 0 Å². The topological polar surface area (TPSA) is 92.9 Å². The first-order valence-electron chi connectivity index (χ1n) is 7.23. The molecular formula is C16H17N5OS. The van der Waals surface area contributed by atoms with Crippen LogP contribution in [0.2, 0.25) is 0 Å². The number of hydrogen-bond donors (Lipinski definition) is 3. The third-order valence-electron chi connectivity index (χ3n) is 3.38. The van der Waals surface area contributed by atoms with Gasteiger partial charge in [0.15, 0.2) is 5.13 Å². The van der Waals surface area contributed by atoms with Crippen LogP contribution in [0, 0.1) is 6.92 Å². The van der Waals surface area contributed by atoms with Crippen LogP contribution in [-0.2, 0) is 0 Å². The molecule has 0 radical (unpaired) electrons. The molecule has 0 bridgehead atoms. The number of anilines is 2. The van der Waals surface area contributed by atoms with Gasteiger partial charge in [-0.3, -0.25) is 4.79 Å². The summed E-state index contributed by atoms with van der Waals surface area (Å²) >= 11 is 1.41. The number of nitrogen functional groups attached to an aromatic ring is 1. The maximum atomic E-state index is 12.2. The van der Waals surface area contributed by atoms with Crippen LogP contribution in [0.3, 0.4) is 0 Å². The third-order valence-corrected chi connectivity index (χ3v) is 4.24. The first-order valence-corrected chi connectivity index (χ1v) is 8.05. The highest BCUT2D eigenvalue weighted by molar-refractivity contribution is 7.22. The van der Waals surface area contributed by atoms with Crippen LogP contribution >= 0.6 is 11.3 Å². The summed E-state index contributed by atoms with van der Waals surface area (Å²) in [5, 5.41) is 6.58. The van der Waals surface area contributed by atoms with Crippen molar-refractivity contribution < 1.29 is 4.79 Å². The molecule has 0 aliphatic rings. The van der Waals surface area contributed by atoms with Crippen LogP contribution in [0.15, 0.2) is 36.5 Å². The number of hydrogen-bond acceptors (Lipinski definition) is 6. The molecule has 3 rings (SSSR count). The van der Waals surface area contributed by atoms with Crippen LogP contribution in [0.1, 0.15) is 15.9 Å². The molecule has 0 aliphatic carbocycles. The second kappa shape index (κ2) is 6.62. The Morgan fingerprint density at radius 2 is 2.17 bits per heavy atom. The third kappa shape index (κ3) is 3.57. The fourth-order valence-corrected chi connectivity index (χ4v) is 2.93. The lowest BCUT2D eigenvalue weighted by Crippen LogP contribution is -2.29. The quantitative estimate of drug-likeness (QED) is 0.626. The van der Waals surface area contributed by atoms with E-state index in [-0.39, 0.29) is 5.91 Å². The van der Waals surface area contributed by atoms with E-state index in [4.69, 9.17) is 5.73 Å². The molecule has 7 heteroatoms. The second-order valence-corrected chi connectivity index (χ2v) is 6.15. The van der Waals surface area contributed by atoms with E-state index in [0.717, 1.165) is 21.6 Å². The molecule has 4 N–H and O–H groups in total. The summed E-state index contributed by atoms with van der Waals surface area (Å²) in [6.07, 6.45) is 1.74. The summed E-state index contributed by atoms with van der Waals surface area (Å²) in [6, 6.07) is 9.29. The maximum absolute atomic E-state index is 12.2. The number of carbonyl (C=O) groups excluding carboxylic acids is 1. The first-order chi connectivity index (χ1) is 11.1. The minimum atomic E-state index is -0.127. The average molecular weight is 327 g/mol. The average Bonchev–Trinajstić information content (AvgIpc) is 2.92. The minimum absolute atomic E-state index is 0.127. The lowest BCUT2D eigenvalue weighted by molar-refractivity contribution is 0.0955. The molecule has 118 valence electrons. The Kier molecular flexibility index (Phi) is 4.38. The summed E-state index contributed by atoms with van der Waals surface area (Å²) in [6.45, 7) is 3.10. The Labute approximate surface area is 137 Å². The van der Waals surface area contributed by atoms with Crippen LogP contribution in [0.25, 0.3) is 10.2 Å². The van der Waals surface area contributed by atoms with E-state index in [9.17, 15) is 4.79 Å². The highest BCUT2D eigenvalue weighted by Gasteiger charge is 2.08.